The zero-order valence-electron chi connectivity index (χ0n) is 12.2. The minimum atomic E-state index is 0.0508. The molecule has 100 valence electrons. The SMILES string of the molecule is CC(C)C(=O)N(Cc1ccccc1)[C@H](C)C(C)C. The van der Waals surface area contributed by atoms with Gasteiger partial charge in [-0.05, 0) is 18.4 Å². The van der Waals surface area contributed by atoms with Crippen LogP contribution in [0.1, 0.15) is 40.2 Å². The van der Waals surface area contributed by atoms with Crippen molar-refractivity contribution in [3.8, 4) is 0 Å². The molecule has 18 heavy (non-hydrogen) atoms. The van der Waals surface area contributed by atoms with E-state index in [9.17, 15) is 4.79 Å². The zero-order chi connectivity index (χ0) is 13.7. The van der Waals surface area contributed by atoms with Crippen LogP contribution in [-0.4, -0.2) is 16.8 Å². The summed E-state index contributed by atoms with van der Waals surface area (Å²) in [6.45, 7) is 11.1. The van der Waals surface area contributed by atoms with Crippen LogP contribution in [0.5, 0.6) is 0 Å². The van der Waals surface area contributed by atoms with Crippen LogP contribution in [0, 0.1) is 11.8 Å². The Labute approximate surface area is 111 Å². The molecule has 0 bridgehead atoms. The fourth-order valence-electron chi connectivity index (χ4n) is 1.89. The van der Waals surface area contributed by atoms with Gasteiger partial charge in [-0.3, -0.25) is 4.79 Å². The van der Waals surface area contributed by atoms with Gasteiger partial charge in [0, 0.05) is 18.5 Å². The summed E-state index contributed by atoms with van der Waals surface area (Å²) < 4.78 is 0. The fraction of sp³-hybridized carbons (Fsp3) is 0.562. The van der Waals surface area contributed by atoms with Crippen molar-refractivity contribution in [1.29, 1.82) is 0 Å². The van der Waals surface area contributed by atoms with Crippen LogP contribution in [0.2, 0.25) is 0 Å². The van der Waals surface area contributed by atoms with Gasteiger partial charge in [0.15, 0.2) is 0 Å². The molecule has 0 aromatic heterocycles. The fourth-order valence-corrected chi connectivity index (χ4v) is 1.89. The van der Waals surface area contributed by atoms with Gasteiger partial charge in [-0.1, -0.05) is 58.0 Å². The highest BCUT2D eigenvalue weighted by Crippen LogP contribution is 2.17. The van der Waals surface area contributed by atoms with Crippen molar-refractivity contribution in [2.75, 3.05) is 0 Å². The lowest BCUT2D eigenvalue weighted by atomic mass is 10.0. The third-order valence-electron chi connectivity index (χ3n) is 3.43. The normalized spacial score (nSPS) is 12.8. The zero-order valence-corrected chi connectivity index (χ0v) is 12.2. The van der Waals surface area contributed by atoms with Crippen LogP contribution in [0.4, 0.5) is 0 Å². The maximum Gasteiger partial charge on any atom is 0.225 e. The average molecular weight is 247 g/mol. The predicted molar refractivity (Wildman–Crippen MR) is 76.1 cm³/mol. The summed E-state index contributed by atoms with van der Waals surface area (Å²) in [6.07, 6.45) is 0. The molecule has 0 saturated carbocycles. The van der Waals surface area contributed by atoms with Crippen molar-refractivity contribution < 1.29 is 4.79 Å². The molecule has 0 unspecified atom stereocenters. The first-order valence-electron chi connectivity index (χ1n) is 6.78. The van der Waals surface area contributed by atoms with Gasteiger partial charge in [0.2, 0.25) is 5.91 Å². The summed E-state index contributed by atoms with van der Waals surface area (Å²) in [5, 5.41) is 0. The molecule has 0 spiro atoms. The smallest absolute Gasteiger partial charge is 0.225 e. The van der Waals surface area contributed by atoms with Crippen molar-refractivity contribution in [2.24, 2.45) is 11.8 Å². The molecule has 2 nitrogen and oxygen atoms in total. The predicted octanol–water partition coefficient (Wildman–Crippen LogP) is 3.72. The van der Waals surface area contributed by atoms with Crippen molar-refractivity contribution in [1.82, 2.24) is 4.90 Å². The van der Waals surface area contributed by atoms with E-state index in [0.29, 0.717) is 12.5 Å². The van der Waals surface area contributed by atoms with Gasteiger partial charge in [0.05, 0.1) is 0 Å². The molecule has 1 amide bonds. The molecule has 1 atom stereocenters. The van der Waals surface area contributed by atoms with Gasteiger partial charge in [0.1, 0.15) is 0 Å². The highest BCUT2D eigenvalue weighted by atomic mass is 16.2. The highest BCUT2D eigenvalue weighted by Gasteiger charge is 2.24. The Bertz CT molecular complexity index is 370. The first kappa shape index (κ1) is 14.7. The maximum absolute atomic E-state index is 12.3. The van der Waals surface area contributed by atoms with Crippen LogP contribution in [0.25, 0.3) is 0 Å². The van der Waals surface area contributed by atoms with Gasteiger partial charge >= 0.3 is 0 Å². The van der Waals surface area contributed by atoms with Gasteiger partial charge < -0.3 is 4.90 Å². The van der Waals surface area contributed by atoms with Crippen molar-refractivity contribution >= 4 is 5.91 Å². The molecule has 0 fully saturated rings. The second-order valence-electron chi connectivity index (χ2n) is 5.59. The molecule has 0 aliphatic rings. The lowest BCUT2D eigenvalue weighted by molar-refractivity contribution is -0.138. The lowest BCUT2D eigenvalue weighted by Gasteiger charge is -2.33. The lowest BCUT2D eigenvalue weighted by Crippen LogP contribution is -2.43. The van der Waals surface area contributed by atoms with E-state index >= 15 is 0 Å². The molecule has 1 aromatic carbocycles. The monoisotopic (exact) mass is 247 g/mol. The third-order valence-corrected chi connectivity index (χ3v) is 3.43. The number of hydrogen-bond acceptors (Lipinski definition) is 1. The van der Waals surface area contributed by atoms with Gasteiger partial charge in [-0.25, -0.2) is 0 Å². The summed E-state index contributed by atoms with van der Waals surface area (Å²) in [7, 11) is 0. The van der Waals surface area contributed by atoms with Crippen LogP contribution in [-0.2, 0) is 11.3 Å². The first-order valence-corrected chi connectivity index (χ1v) is 6.78. The molecule has 0 heterocycles. The quantitative estimate of drug-likeness (QED) is 0.776. The summed E-state index contributed by atoms with van der Waals surface area (Å²) in [5.74, 6) is 0.756. The van der Waals surface area contributed by atoms with Gasteiger partial charge in [-0.2, -0.15) is 0 Å². The van der Waals surface area contributed by atoms with E-state index in [-0.39, 0.29) is 17.9 Å². The molecule has 2 heteroatoms. The first-order chi connectivity index (χ1) is 8.43. The van der Waals surface area contributed by atoms with Crippen LogP contribution < -0.4 is 0 Å². The molecular formula is C16H25NO. The van der Waals surface area contributed by atoms with E-state index in [1.807, 2.05) is 36.9 Å². The van der Waals surface area contributed by atoms with E-state index in [1.54, 1.807) is 0 Å². The second kappa shape index (κ2) is 6.58. The Morgan fingerprint density at radius 3 is 2.06 bits per heavy atom. The van der Waals surface area contributed by atoms with E-state index in [4.69, 9.17) is 0 Å². The van der Waals surface area contributed by atoms with Crippen LogP contribution in [0.15, 0.2) is 30.3 Å². The van der Waals surface area contributed by atoms with Crippen molar-refractivity contribution in [3.63, 3.8) is 0 Å². The largest absolute Gasteiger partial charge is 0.335 e. The summed E-state index contributed by atoms with van der Waals surface area (Å²) >= 11 is 0. The molecule has 0 aliphatic carbocycles. The van der Waals surface area contributed by atoms with E-state index in [2.05, 4.69) is 32.9 Å². The number of carbonyl (C=O) groups excluding carboxylic acids is 1. The molecule has 0 aliphatic heterocycles. The number of amides is 1. The van der Waals surface area contributed by atoms with Crippen LogP contribution in [0.3, 0.4) is 0 Å². The topological polar surface area (TPSA) is 20.3 Å². The standard InChI is InChI=1S/C16H25NO/c1-12(2)14(5)17(16(18)13(3)4)11-15-9-7-6-8-10-15/h6-10,12-14H,11H2,1-5H3/t14-/m1/s1. The van der Waals surface area contributed by atoms with Gasteiger partial charge in [-0.15, -0.1) is 0 Å². The summed E-state index contributed by atoms with van der Waals surface area (Å²) in [4.78, 5) is 14.3. The Hall–Kier alpha value is -1.31. The Kier molecular flexibility index (Phi) is 5.39. The van der Waals surface area contributed by atoms with Gasteiger partial charge in [0.25, 0.3) is 0 Å². The number of carbonyl (C=O) groups is 1. The Morgan fingerprint density at radius 2 is 1.61 bits per heavy atom. The van der Waals surface area contributed by atoms with E-state index in [0.717, 1.165) is 0 Å². The number of rotatable bonds is 5. The minimum absolute atomic E-state index is 0.0508. The Balaban J connectivity index is 2.88. The maximum atomic E-state index is 12.3. The molecule has 1 aromatic rings. The molecular weight excluding hydrogens is 222 g/mol. The Morgan fingerprint density at radius 1 is 1.06 bits per heavy atom. The summed E-state index contributed by atoms with van der Waals surface area (Å²) in [6, 6.07) is 10.5. The number of benzene rings is 1. The van der Waals surface area contributed by atoms with Crippen molar-refractivity contribution in [2.45, 2.75) is 47.2 Å². The van der Waals surface area contributed by atoms with E-state index < -0.39 is 0 Å². The van der Waals surface area contributed by atoms with E-state index in [1.165, 1.54) is 5.56 Å². The van der Waals surface area contributed by atoms with Crippen LogP contribution >= 0.6 is 0 Å². The number of hydrogen-bond donors (Lipinski definition) is 0. The molecule has 0 saturated heterocycles. The molecule has 1 rings (SSSR count). The van der Waals surface area contributed by atoms with Crippen molar-refractivity contribution in [3.05, 3.63) is 35.9 Å². The molecule has 0 N–H and O–H groups in total. The third kappa shape index (κ3) is 3.86. The minimum Gasteiger partial charge on any atom is -0.335 e. The average Bonchev–Trinajstić information content (AvgIpc) is 2.35. The summed E-state index contributed by atoms with van der Waals surface area (Å²) in [5.41, 5.74) is 1.19. The second-order valence-corrected chi connectivity index (χ2v) is 5.59. The number of nitrogens with zero attached hydrogens (tertiary/aromatic N) is 1. The highest BCUT2D eigenvalue weighted by molar-refractivity contribution is 5.78. The molecule has 0 radical (unpaired) electrons.